The van der Waals surface area contributed by atoms with Crippen LogP contribution in [0, 0.1) is 18.3 Å². The fourth-order valence-corrected chi connectivity index (χ4v) is 2.76. The molecule has 1 aromatic carbocycles. The van der Waals surface area contributed by atoms with E-state index in [9.17, 15) is 4.79 Å². The maximum Gasteiger partial charge on any atom is 0.219 e. The smallest absolute Gasteiger partial charge is 0.219 e. The van der Waals surface area contributed by atoms with Crippen LogP contribution in [0.4, 0.5) is 0 Å². The van der Waals surface area contributed by atoms with Crippen molar-refractivity contribution in [2.24, 2.45) is 0 Å². The van der Waals surface area contributed by atoms with Crippen LogP contribution in [0.1, 0.15) is 30.8 Å². The van der Waals surface area contributed by atoms with E-state index < -0.39 is 0 Å². The average Bonchev–Trinajstić information content (AvgIpc) is 2.97. The minimum atomic E-state index is 0.0433. The van der Waals surface area contributed by atoms with Crippen molar-refractivity contribution in [1.29, 1.82) is 5.26 Å². The molecular formula is C19H24ClN5O2. The number of H-pyrrole nitrogens is 1. The molecule has 0 unspecified atom stereocenters. The molecule has 0 aliphatic heterocycles. The van der Waals surface area contributed by atoms with E-state index in [2.05, 4.69) is 28.1 Å². The highest BCUT2D eigenvalue weighted by atomic mass is 35.5. The summed E-state index contributed by atoms with van der Waals surface area (Å²) in [6.07, 6.45) is 0. The first-order valence-electron chi connectivity index (χ1n) is 8.70. The summed E-state index contributed by atoms with van der Waals surface area (Å²) in [7, 11) is 1.79. The van der Waals surface area contributed by atoms with E-state index in [1.807, 2.05) is 6.92 Å². The molecule has 2 rings (SSSR count). The number of aryl methyl sites for hydroxylation is 1. The number of aromatic nitrogens is 2. The van der Waals surface area contributed by atoms with Crippen molar-refractivity contribution >= 4 is 17.5 Å². The third kappa shape index (κ3) is 5.71. The van der Waals surface area contributed by atoms with Crippen LogP contribution >= 0.6 is 11.6 Å². The molecular weight excluding hydrogens is 366 g/mol. The Bertz CT molecular complexity index is 843. The summed E-state index contributed by atoms with van der Waals surface area (Å²) in [5, 5.41) is 16.8. The number of benzene rings is 1. The largest absolute Gasteiger partial charge is 0.453 e. The molecule has 7 nitrogen and oxygen atoms in total. The van der Waals surface area contributed by atoms with Gasteiger partial charge in [-0.2, -0.15) is 10.4 Å². The zero-order valence-corrected chi connectivity index (χ0v) is 16.8. The summed E-state index contributed by atoms with van der Waals surface area (Å²) in [6, 6.07) is 6.96. The number of aromatic amines is 1. The molecule has 0 radical (unpaired) electrons. The van der Waals surface area contributed by atoms with Crippen LogP contribution < -0.4 is 4.74 Å². The fraction of sp³-hybridized carbons (Fsp3) is 0.421. The number of halogens is 1. The first kappa shape index (κ1) is 20.7. The number of amides is 1. The van der Waals surface area contributed by atoms with Crippen molar-refractivity contribution < 1.29 is 9.53 Å². The molecule has 0 spiro atoms. The van der Waals surface area contributed by atoms with E-state index in [4.69, 9.17) is 21.6 Å². The highest BCUT2D eigenvalue weighted by Crippen LogP contribution is 2.30. The lowest BCUT2D eigenvalue weighted by atomic mass is 10.2. The number of nitriles is 1. The SMILES string of the molecule is CCN(CCN(C)C(C)=O)Cc1[nH]nc(C)c1Oc1cc(Cl)cc(C#N)c1. The van der Waals surface area contributed by atoms with Crippen LogP contribution in [0.2, 0.25) is 5.02 Å². The zero-order chi connectivity index (χ0) is 20.0. The lowest BCUT2D eigenvalue weighted by Crippen LogP contribution is -2.35. The second kappa shape index (κ2) is 9.40. The molecule has 0 saturated heterocycles. The molecule has 0 aliphatic carbocycles. The van der Waals surface area contributed by atoms with E-state index in [-0.39, 0.29) is 5.91 Å². The Morgan fingerprint density at radius 1 is 1.37 bits per heavy atom. The molecule has 0 saturated carbocycles. The summed E-state index contributed by atoms with van der Waals surface area (Å²) in [5.41, 5.74) is 1.99. The molecule has 144 valence electrons. The minimum Gasteiger partial charge on any atom is -0.453 e. The van der Waals surface area contributed by atoms with Crippen molar-refractivity contribution in [3.8, 4) is 17.6 Å². The molecule has 8 heteroatoms. The van der Waals surface area contributed by atoms with Gasteiger partial charge in [0.25, 0.3) is 0 Å². The number of carbonyl (C=O) groups excluding carboxylic acids is 1. The lowest BCUT2D eigenvalue weighted by Gasteiger charge is -2.23. The van der Waals surface area contributed by atoms with Gasteiger partial charge in [-0.3, -0.25) is 14.8 Å². The van der Waals surface area contributed by atoms with Crippen LogP contribution in [0.5, 0.6) is 11.5 Å². The summed E-state index contributed by atoms with van der Waals surface area (Å²) >= 11 is 6.06. The van der Waals surface area contributed by atoms with E-state index in [0.29, 0.717) is 35.2 Å². The van der Waals surface area contributed by atoms with Gasteiger partial charge in [0.05, 0.1) is 17.3 Å². The Balaban J connectivity index is 2.14. The van der Waals surface area contributed by atoms with Gasteiger partial charge >= 0.3 is 0 Å². The van der Waals surface area contributed by atoms with Gasteiger partial charge in [-0.05, 0) is 31.7 Å². The van der Waals surface area contributed by atoms with Crippen LogP contribution in [0.3, 0.4) is 0 Å². The maximum absolute atomic E-state index is 11.4. The first-order chi connectivity index (χ1) is 12.8. The lowest BCUT2D eigenvalue weighted by molar-refractivity contribution is -0.127. The molecule has 1 heterocycles. The molecule has 2 aromatic rings. The number of nitrogens with zero attached hydrogens (tertiary/aromatic N) is 4. The van der Waals surface area contributed by atoms with Gasteiger partial charge in [-0.15, -0.1) is 0 Å². The van der Waals surface area contributed by atoms with Crippen LogP contribution in [0.15, 0.2) is 18.2 Å². The van der Waals surface area contributed by atoms with Crippen LogP contribution in [-0.2, 0) is 11.3 Å². The highest BCUT2D eigenvalue weighted by Gasteiger charge is 2.16. The Morgan fingerprint density at radius 2 is 2.11 bits per heavy atom. The van der Waals surface area contributed by atoms with Gasteiger partial charge in [0.2, 0.25) is 5.91 Å². The van der Waals surface area contributed by atoms with Crippen molar-refractivity contribution in [2.45, 2.75) is 27.3 Å². The summed E-state index contributed by atoms with van der Waals surface area (Å²) in [4.78, 5) is 15.3. The highest BCUT2D eigenvalue weighted by molar-refractivity contribution is 6.30. The quantitative estimate of drug-likeness (QED) is 0.748. The number of hydrogen-bond donors (Lipinski definition) is 1. The number of ether oxygens (including phenoxy) is 1. The molecule has 1 amide bonds. The Morgan fingerprint density at radius 3 is 2.74 bits per heavy atom. The van der Waals surface area contributed by atoms with E-state index in [1.165, 1.54) is 0 Å². The second-order valence-electron chi connectivity index (χ2n) is 6.32. The van der Waals surface area contributed by atoms with E-state index in [0.717, 1.165) is 24.5 Å². The number of hydrogen-bond acceptors (Lipinski definition) is 5. The molecule has 1 N–H and O–H groups in total. The Labute approximate surface area is 164 Å². The predicted molar refractivity (Wildman–Crippen MR) is 104 cm³/mol. The minimum absolute atomic E-state index is 0.0433. The number of nitrogens with one attached hydrogen (secondary N) is 1. The van der Waals surface area contributed by atoms with Gasteiger partial charge in [0, 0.05) is 38.6 Å². The van der Waals surface area contributed by atoms with E-state index in [1.54, 1.807) is 37.1 Å². The third-order valence-electron chi connectivity index (χ3n) is 4.30. The Kier molecular flexibility index (Phi) is 7.22. The van der Waals surface area contributed by atoms with Crippen molar-refractivity contribution in [1.82, 2.24) is 20.0 Å². The standard InChI is InChI=1S/C19H24ClN5O2/c1-5-25(7-6-24(4)14(3)26)12-18-19(13(2)22-23-18)27-17-9-15(11-21)8-16(20)10-17/h8-10H,5-7,12H2,1-4H3,(H,22,23). The van der Waals surface area contributed by atoms with Gasteiger partial charge in [-0.25, -0.2) is 0 Å². The molecule has 0 atom stereocenters. The summed E-state index contributed by atoms with van der Waals surface area (Å²) < 4.78 is 5.99. The number of likely N-dealkylation sites (N-methyl/N-ethyl adjacent to an activating group) is 2. The average molecular weight is 390 g/mol. The first-order valence-corrected chi connectivity index (χ1v) is 9.08. The normalized spacial score (nSPS) is 10.7. The molecule has 0 fully saturated rings. The van der Waals surface area contributed by atoms with Crippen LogP contribution in [0.25, 0.3) is 0 Å². The topological polar surface area (TPSA) is 85.2 Å². The van der Waals surface area contributed by atoms with Crippen molar-refractivity contribution in [2.75, 3.05) is 26.7 Å². The van der Waals surface area contributed by atoms with Crippen LogP contribution in [-0.4, -0.2) is 52.6 Å². The second-order valence-corrected chi connectivity index (χ2v) is 6.75. The molecule has 0 bridgehead atoms. The fourth-order valence-electron chi connectivity index (χ4n) is 2.54. The third-order valence-corrected chi connectivity index (χ3v) is 4.52. The van der Waals surface area contributed by atoms with Crippen molar-refractivity contribution in [3.05, 3.63) is 40.2 Å². The predicted octanol–water partition coefficient (Wildman–Crippen LogP) is 3.34. The van der Waals surface area contributed by atoms with Gasteiger partial charge < -0.3 is 9.64 Å². The van der Waals surface area contributed by atoms with Gasteiger partial charge in [-0.1, -0.05) is 18.5 Å². The monoisotopic (exact) mass is 389 g/mol. The zero-order valence-electron chi connectivity index (χ0n) is 16.0. The van der Waals surface area contributed by atoms with Gasteiger partial charge in [0.1, 0.15) is 11.4 Å². The molecule has 27 heavy (non-hydrogen) atoms. The maximum atomic E-state index is 11.4. The number of carbonyl (C=O) groups is 1. The Hall–Kier alpha value is -2.56. The molecule has 0 aliphatic rings. The summed E-state index contributed by atoms with van der Waals surface area (Å²) in [5.74, 6) is 1.16. The molecule has 1 aromatic heterocycles. The number of rotatable bonds is 8. The van der Waals surface area contributed by atoms with Crippen molar-refractivity contribution in [3.63, 3.8) is 0 Å². The van der Waals surface area contributed by atoms with E-state index >= 15 is 0 Å². The summed E-state index contributed by atoms with van der Waals surface area (Å²) in [6.45, 7) is 8.27. The van der Waals surface area contributed by atoms with Gasteiger partial charge in [0.15, 0.2) is 5.75 Å².